The Hall–Kier alpha value is -0.830. The minimum absolute atomic E-state index is 0.280. The molecule has 0 aliphatic heterocycles. The van der Waals surface area contributed by atoms with Crippen molar-refractivity contribution in [3.05, 3.63) is 34.9 Å². The van der Waals surface area contributed by atoms with Crippen molar-refractivity contribution in [1.29, 1.82) is 0 Å². The van der Waals surface area contributed by atoms with Crippen LogP contribution in [0.4, 0.5) is 0 Å². The molecule has 2 nitrogen and oxygen atoms in total. The highest BCUT2D eigenvalue weighted by molar-refractivity contribution is 9.10. The van der Waals surface area contributed by atoms with Crippen molar-refractivity contribution in [2.75, 3.05) is 0 Å². The van der Waals surface area contributed by atoms with E-state index in [9.17, 15) is 9.90 Å². The van der Waals surface area contributed by atoms with Crippen LogP contribution in [0.2, 0.25) is 0 Å². The van der Waals surface area contributed by atoms with Crippen LogP contribution in [0.1, 0.15) is 30.0 Å². The number of carbonyl (C=O) groups is 1. The zero-order valence-electron chi connectivity index (χ0n) is 9.67. The van der Waals surface area contributed by atoms with Gasteiger partial charge < -0.3 is 5.11 Å². The van der Waals surface area contributed by atoms with Gasteiger partial charge in [0, 0.05) is 5.41 Å². The highest BCUT2D eigenvalue weighted by atomic mass is 79.9. The van der Waals surface area contributed by atoms with Crippen LogP contribution in [0.25, 0.3) is 0 Å². The first-order valence-electron chi connectivity index (χ1n) is 5.31. The van der Waals surface area contributed by atoms with Gasteiger partial charge in [-0.15, -0.1) is 0 Å². The predicted molar refractivity (Wildman–Crippen MR) is 67.2 cm³/mol. The fourth-order valence-electron chi connectivity index (χ4n) is 2.17. The number of benzene rings is 1. The number of hydrogen-bond donors (Lipinski definition) is 1. The summed E-state index contributed by atoms with van der Waals surface area (Å²) in [5.41, 5.74) is 3.28. The molecule has 0 saturated heterocycles. The first-order valence-corrected chi connectivity index (χ1v) is 6.10. The van der Waals surface area contributed by atoms with Crippen LogP contribution in [0.3, 0.4) is 0 Å². The lowest BCUT2D eigenvalue weighted by Crippen LogP contribution is -2.24. The Morgan fingerprint density at radius 2 is 2.00 bits per heavy atom. The summed E-state index contributed by atoms with van der Waals surface area (Å²) < 4.78 is -0.776. The lowest BCUT2D eigenvalue weighted by Gasteiger charge is -2.15. The quantitative estimate of drug-likeness (QED) is 0.846. The molecule has 86 valence electrons. The molecular weight excluding hydrogens is 268 g/mol. The highest BCUT2D eigenvalue weighted by Crippen LogP contribution is 2.63. The highest BCUT2D eigenvalue weighted by Gasteiger charge is 2.69. The molecule has 3 heteroatoms. The Morgan fingerprint density at radius 1 is 1.38 bits per heavy atom. The lowest BCUT2D eigenvalue weighted by molar-refractivity contribution is -0.137. The normalized spacial score (nSPS) is 32.5. The molecule has 1 N–H and O–H groups in total. The molecule has 0 radical (unpaired) electrons. The van der Waals surface area contributed by atoms with Gasteiger partial charge >= 0.3 is 5.97 Å². The monoisotopic (exact) mass is 282 g/mol. The smallest absolute Gasteiger partial charge is 0.321 e. The summed E-state index contributed by atoms with van der Waals surface area (Å²) in [6.07, 6.45) is 0.651. The third kappa shape index (κ3) is 1.41. The summed E-state index contributed by atoms with van der Waals surface area (Å²) in [5, 5.41) is 9.19. The topological polar surface area (TPSA) is 37.3 Å². The zero-order chi connectivity index (χ0) is 12.1. The molecule has 2 rings (SSSR count). The minimum Gasteiger partial charge on any atom is -0.480 e. The minimum atomic E-state index is -0.776. The second kappa shape index (κ2) is 3.33. The first kappa shape index (κ1) is 11.6. The maximum Gasteiger partial charge on any atom is 0.321 e. The van der Waals surface area contributed by atoms with Crippen LogP contribution in [-0.4, -0.2) is 15.4 Å². The van der Waals surface area contributed by atoms with E-state index in [1.807, 2.05) is 13.0 Å². The fourth-order valence-corrected chi connectivity index (χ4v) is 2.96. The number of carboxylic acids is 1. The second-order valence-corrected chi connectivity index (χ2v) is 6.27. The summed E-state index contributed by atoms with van der Waals surface area (Å²) >= 11 is 3.36. The Bertz CT molecular complexity index is 469. The van der Waals surface area contributed by atoms with Crippen LogP contribution >= 0.6 is 15.9 Å². The molecule has 1 aliphatic carbocycles. The van der Waals surface area contributed by atoms with E-state index in [0.29, 0.717) is 6.42 Å². The number of alkyl halides is 1. The van der Waals surface area contributed by atoms with Crippen molar-refractivity contribution in [3.8, 4) is 0 Å². The Labute approximate surface area is 104 Å². The number of aryl methyl sites for hydroxylation is 2. The molecule has 0 bridgehead atoms. The van der Waals surface area contributed by atoms with Crippen molar-refractivity contribution in [2.45, 2.75) is 36.9 Å². The van der Waals surface area contributed by atoms with E-state index >= 15 is 0 Å². The van der Waals surface area contributed by atoms with Gasteiger partial charge in [0.15, 0.2) is 0 Å². The van der Waals surface area contributed by atoms with Crippen molar-refractivity contribution in [2.24, 2.45) is 0 Å². The molecule has 1 aromatic rings. The van der Waals surface area contributed by atoms with Crippen LogP contribution in [0.5, 0.6) is 0 Å². The van der Waals surface area contributed by atoms with Gasteiger partial charge in [-0.2, -0.15) is 0 Å². The van der Waals surface area contributed by atoms with Gasteiger partial charge in [-0.25, -0.2) is 0 Å². The van der Waals surface area contributed by atoms with E-state index in [2.05, 4.69) is 41.9 Å². The van der Waals surface area contributed by atoms with Crippen LogP contribution in [-0.2, 0) is 10.2 Å². The molecule has 16 heavy (non-hydrogen) atoms. The summed E-state index contributed by atoms with van der Waals surface area (Å²) in [6.45, 7) is 6.12. The molecule has 1 aliphatic rings. The van der Waals surface area contributed by atoms with E-state index in [4.69, 9.17) is 0 Å². The van der Waals surface area contributed by atoms with Crippen molar-refractivity contribution >= 4 is 21.9 Å². The average molecular weight is 283 g/mol. The van der Waals surface area contributed by atoms with Crippen LogP contribution < -0.4 is 0 Å². The standard InChI is InChI=1S/C13H15BrO2/c1-8-4-5-10(6-9(8)2)12(3)7-13(12,14)11(15)16/h4-6H,7H2,1-3H3,(H,15,16)/t12-,13-/m0/s1. The molecule has 1 fully saturated rings. The Kier molecular flexibility index (Phi) is 2.42. The molecule has 0 aromatic heterocycles. The number of halogens is 1. The van der Waals surface area contributed by atoms with E-state index in [1.165, 1.54) is 11.1 Å². The average Bonchev–Trinajstić information content (AvgIpc) is 2.77. The third-order valence-electron chi connectivity index (χ3n) is 3.83. The number of rotatable bonds is 2. The van der Waals surface area contributed by atoms with Crippen molar-refractivity contribution < 1.29 is 9.90 Å². The van der Waals surface area contributed by atoms with Crippen LogP contribution in [0.15, 0.2) is 18.2 Å². The number of carboxylic acid groups (broad SMARTS) is 1. The molecule has 0 amide bonds. The molecule has 0 spiro atoms. The molecule has 0 heterocycles. The van der Waals surface area contributed by atoms with E-state index in [0.717, 1.165) is 5.56 Å². The number of aliphatic carboxylic acids is 1. The largest absolute Gasteiger partial charge is 0.480 e. The van der Waals surface area contributed by atoms with E-state index in [-0.39, 0.29) is 5.41 Å². The number of hydrogen-bond acceptors (Lipinski definition) is 1. The maximum atomic E-state index is 11.2. The first-order chi connectivity index (χ1) is 7.31. The fraction of sp³-hybridized carbons (Fsp3) is 0.462. The zero-order valence-corrected chi connectivity index (χ0v) is 11.3. The van der Waals surface area contributed by atoms with Gasteiger partial charge in [-0.05, 0) is 37.0 Å². The van der Waals surface area contributed by atoms with Gasteiger partial charge in [0.05, 0.1) is 0 Å². The predicted octanol–water partition coefficient (Wildman–Crippen LogP) is 3.18. The molecule has 1 aromatic carbocycles. The molecule has 2 atom stereocenters. The maximum absolute atomic E-state index is 11.2. The summed E-state index contributed by atoms with van der Waals surface area (Å²) in [6, 6.07) is 6.19. The Morgan fingerprint density at radius 3 is 2.44 bits per heavy atom. The lowest BCUT2D eigenvalue weighted by atomic mass is 9.92. The molecule has 1 saturated carbocycles. The summed E-state index contributed by atoms with van der Waals surface area (Å²) in [7, 11) is 0. The van der Waals surface area contributed by atoms with Crippen molar-refractivity contribution in [1.82, 2.24) is 0 Å². The van der Waals surface area contributed by atoms with E-state index in [1.54, 1.807) is 0 Å². The van der Waals surface area contributed by atoms with Gasteiger partial charge in [0.2, 0.25) is 0 Å². The van der Waals surface area contributed by atoms with E-state index < -0.39 is 10.3 Å². The summed E-state index contributed by atoms with van der Waals surface area (Å²) in [5.74, 6) is -0.770. The van der Waals surface area contributed by atoms with Gasteiger partial charge in [-0.3, -0.25) is 4.79 Å². The van der Waals surface area contributed by atoms with Gasteiger partial charge in [-0.1, -0.05) is 41.1 Å². The van der Waals surface area contributed by atoms with Gasteiger partial charge in [0.1, 0.15) is 4.32 Å². The van der Waals surface area contributed by atoms with Gasteiger partial charge in [0.25, 0.3) is 0 Å². The van der Waals surface area contributed by atoms with Crippen molar-refractivity contribution in [3.63, 3.8) is 0 Å². The van der Waals surface area contributed by atoms with Crippen LogP contribution in [0, 0.1) is 13.8 Å². The SMILES string of the molecule is Cc1ccc([C@]2(C)C[C@]2(Br)C(=O)O)cc1C. The molecule has 0 unspecified atom stereocenters. The Balaban J connectivity index is 2.41. The summed E-state index contributed by atoms with van der Waals surface area (Å²) in [4.78, 5) is 11.2. The molecular formula is C13H15BrO2. The second-order valence-electron chi connectivity index (χ2n) is 4.91. The third-order valence-corrected chi connectivity index (χ3v) is 5.32.